The van der Waals surface area contributed by atoms with Crippen LogP contribution in [-0.2, 0) is 4.74 Å². The lowest BCUT2D eigenvalue weighted by atomic mass is 10.2. The number of hydrogen-bond acceptors (Lipinski definition) is 8. The van der Waals surface area contributed by atoms with Crippen LogP contribution in [0.2, 0.25) is 0 Å². The van der Waals surface area contributed by atoms with Crippen molar-refractivity contribution < 1.29 is 9.53 Å². The number of nitrogen functional groups attached to an aromatic ring is 1. The summed E-state index contributed by atoms with van der Waals surface area (Å²) in [5.41, 5.74) is 9.59. The molecule has 2 heterocycles. The van der Waals surface area contributed by atoms with E-state index in [0.717, 1.165) is 37.5 Å². The number of nitriles is 1. The lowest BCUT2D eigenvalue weighted by molar-refractivity contribution is 0.0533. The molecular weight excluding hydrogens is 290 g/mol. The highest BCUT2D eigenvalue weighted by molar-refractivity contribution is 7.18. The molecule has 0 aromatic carbocycles. The van der Waals surface area contributed by atoms with Crippen LogP contribution < -0.4 is 11.2 Å². The van der Waals surface area contributed by atoms with Gasteiger partial charge in [-0.25, -0.2) is 9.80 Å². The third kappa shape index (κ3) is 3.44. The molecule has 0 aliphatic carbocycles. The smallest absolute Gasteiger partial charge is 0.350 e. The van der Waals surface area contributed by atoms with Crippen molar-refractivity contribution in [3.8, 4) is 6.07 Å². The molecule has 7 nitrogen and oxygen atoms in total. The minimum atomic E-state index is -0.483. The maximum atomic E-state index is 11.8. The van der Waals surface area contributed by atoms with Gasteiger partial charge in [0.2, 0.25) is 0 Å². The molecule has 114 valence electrons. The first-order valence-corrected chi connectivity index (χ1v) is 7.58. The normalized spacial score (nSPS) is 16.4. The monoisotopic (exact) mass is 309 g/mol. The van der Waals surface area contributed by atoms with Crippen LogP contribution in [0.4, 0.5) is 10.7 Å². The van der Waals surface area contributed by atoms with Gasteiger partial charge in [-0.3, -0.25) is 0 Å². The second-order valence-corrected chi connectivity index (χ2v) is 5.80. The number of nitrogens with one attached hydrogen (secondary N) is 1. The van der Waals surface area contributed by atoms with E-state index in [1.807, 2.05) is 5.01 Å². The molecular formula is C13H19N5O2S. The highest BCUT2D eigenvalue weighted by Gasteiger charge is 2.24. The number of carbonyl (C=O) groups excluding carboxylic acids is 1. The van der Waals surface area contributed by atoms with E-state index in [1.54, 1.807) is 6.92 Å². The van der Waals surface area contributed by atoms with Crippen molar-refractivity contribution in [2.24, 2.45) is 0 Å². The van der Waals surface area contributed by atoms with Crippen molar-refractivity contribution in [2.45, 2.75) is 6.92 Å². The predicted octanol–water partition coefficient (Wildman–Crippen LogP) is 0.953. The Balaban J connectivity index is 2.17. The van der Waals surface area contributed by atoms with Gasteiger partial charge < -0.3 is 20.8 Å². The number of likely N-dealkylation sites (N-methyl/N-ethyl adjacent to an activating group) is 1. The van der Waals surface area contributed by atoms with Gasteiger partial charge in [0.1, 0.15) is 21.5 Å². The van der Waals surface area contributed by atoms with Crippen molar-refractivity contribution in [3.05, 3.63) is 10.4 Å². The van der Waals surface area contributed by atoms with Crippen LogP contribution in [0.5, 0.6) is 0 Å². The summed E-state index contributed by atoms with van der Waals surface area (Å²) in [6.07, 6.45) is 0. The summed E-state index contributed by atoms with van der Waals surface area (Å²) in [4.78, 5) is 14.3. The number of esters is 1. The number of thiophene rings is 1. The summed E-state index contributed by atoms with van der Waals surface area (Å²) in [5.74, 6) is -0.483. The summed E-state index contributed by atoms with van der Waals surface area (Å²) in [6.45, 7) is 5.58. The van der Waals surface area contributed by atoms with Crippen molar-refractivity contribution in [3.63, 3.8) is 0 Å². The number of carbonyl (C=O) groups is 1. The van der Waals surface area contributed by atoms with Crippen molar-refractivity contribution in [1.29, 1.82) is 5.26 Å². The molecule has 0 radical (unpaired) electrons. The van der Waals surface area contributed by atoms with Crippen LogP contribution in [-0.4, -0.2) is 55.7 Å². The zero-order chi connectivity index (χ0) is 15.4. The largest absolute Gasteiger partial charge is 0.462 e. The van der Waals surface area contributed by atoms with E-state index in [2.05, 4.69) is 23.4 Å². The third-order valence-electron chi connectivity index (χ3n) is 3.28. The molecule has 0 spiro atoms. The molecule has 0 saturated carbocycles. The summed E-state index contributed by atoms with van der Waals surface area (Å²) in [5, 5.41) is 11.9. The molecule has 1 saturated heterocycles. The first kappa shape index (κ1) is 15.6. The van der Waals surface area contributed by atoms with E-state index in [0.29, 0.717) is 10.6 Å². The van der Waals surface area contributed by atoms with Crippen LogP contribution in [0.1, 0.15) is 22.2 Å². The molecule has 0 unspecified atom stereocenters. The van der Waals surface area contributed by atoms with E-state index in [-0.39, 0.29) is 17.2 Å². The van der Waals surface area contributed by atoms with Gasteiger partial charge >= 0.3 is 5.97 Å². The minimum absolute atomic E-state index is 0.192. The topological polar surface area (TPSA) is 94.6 Å². The summed E-state index contributed by atoms with van der Waals surface area (Å²) < 4.78 is 4.96. The number of piperazine rings is 1. The molecule has 1 aliphatic heterocycles. The summed E-state index contributed by atoms with van der Waals surface area (Å²) in [7, 11) is 2.07. The summed E-state index contributed by atoms with van der Waals surface area (Å²) in [6, 6.07) is 2.06. The standard InChI is InChI=1S/C13H19N5O2S/c1-3-20-13(19)11-10(15)9(8-14)12(21-11)16-18-6-4-17(2)5-7-18/h16H,3-7,15H2,1-2H3. The van der Waals surface area contributed by atoms with Gasteiger partial charge in [0.15, 0.2) is 0 Å². The number of ether oxygens (including phenoxy) is 1. The quantitative estimate of drug-likeness (QED) is 0.800. The number of nitrogens with two attached hydrogens (primary N) is 1. The fraction of sp³-hybridized carbons (Fsp3) is 0.538. The lowest BCUT2D eigenvalue weighted by Gasteiger charge is -2.32. The zero-order valence-corrected chi connectivity index (χ0v) is 13.0. The van der Waals surface area contributed by atoms with Crippen LogP contribution >= 0.6 is 11.3 Å². The van der Waals surface area contributed by atoms with E-state index in [1.165, 1.54) is 0 Å². The Morgan fingerprint density at radius 3 is 2.71 bits per heavy atom. The van der Waals surface area contributed by atoms with Crippen molar-refractivity contribution in [1.82, 2.24) is 9.91 Å². The van der Waals surface area contributed by atoms with Gasteiger partial charge in [-0.1, -0.05) is 0 Å². The maximum absolute atomic E-state index is 11.8. The summed E-state index contributed by atoms with van der Waals surface area (Å²) >= 11 is 1.16. The molecule has 1 aromatic heterocycles. The Bertz CT molecular complexity index is 558. The molecule has 0 atom stereocenters. The zero-order valence-electron chi connectivity index (χ0n) is 12.2. The van der Waals surface area contributed by atoms with Gasteiger partial charge in [-0.15, -0.1) is 11.3 Å². The van der Waals surface area contributed by atoms with Crippen LogP contribution in [0.15, 0.2) is 0 Å². The minimum Gasteiger partial charge on any atom is -0.462 e. The van der Waals surface area contributed by atoms with Gasteiger partial charge in [0.05, 0.1) is 12.3 Å². The molecule has 1 aliphatic rings. The SMILES string of the molecule is CCOC(=O)c1sc(NN2CCN(C)CC2)c(C#N)c1N. The van der Waals surface area contributed by atoms with Crippen LogP contribution in [0.25, 0.3) is 0 Å². The van der Waals surface area contributed by atoms with E-state index in [9.17, 15) is 10.1 Å². The second kappa shape index (κ2) is 6.76. The lowest BCUT2D eigenvalue weighted by Crippen LogP contribution is -2.46. The third-order valence-corrected chi connectivity index (χ3v) is 4.37. The number of nitrogens with zero attached hydrogens (tertiary/aromatic N) is 3. The molecule has 1 aromatic rings. The van der Waals surface area contributed by atoms with Crippen LogP contribution in [0.3, 0.4) is 0 Å². The molecule has 8 heteroatoms. The fourth-order valence-corrected chi connectivity index (χ4v) is 3.03. The van der Waals surface area contributed by atoms with E-state index in [4.69, 9.17) is 10.5 Å². The predicted molar refractivity (Wildman–Crippen MR) is 82.1 cm³/mol. The van der Waals surface area contributed by atoms with Crippen LogP contribution in [0, 0.1) is 11.3 Å². The Morgan fingerprint density at radius 2 is 2.14 bits per heavy atom. The molecule has 3 N–H and O–H groups in total. The molecule has 0 bridgehead atoms. The average Bonchev–Trinajstić information content (AvgIpc) is 2.78. The van der Waals surface area contributed by atoms with Gasteiger partial charge in [-0.05, 0) is 14.0 Å². The van der Waals surface area contributed by atoms with Gasteiger partial charge in [-0.2, -0.15) is 5.26 Å². The molecule has 0 amide bonds. The Kier molecular flexibility index (Phi) is 5.01. The van der Waals surface area contributed by atoms with Gasteiger partial charge in [0, 0.05) is 26.2 Å². The first-order chi connectivity index (χ1) is 10.1. The highest BCUT2D eigenvalue weighted by Crippen LogP contribution is 2.36. The van der Waals surface area contributed by atoms with Crippen molar-refractivity contribution >= 4 is 28.0 Å². The van der Waals surface area contributed by atoms with Gasteiger partial charge in [0.25, 0.3) is 0 Å². The molecule has 21 heavy (non-hydrogen) atoms. The number of anilines is 2. The Labute approximate surface area is 127 Å². The Hall–Kier alpha value is -1.82. The second-order valence-electron chi connectivity index (χ2n) is 4.78. The Morgan fingerprint density at radius 1 is 1.48 bits per heavy atom. The van der Waals surface area contributed by atoms with E-state index < -0.39 is 5.97 Å². The molecule has 1 fully saturated rings. The highest BCUT2D eigenvalue weighted by atomic mass is 32.1. The van der Waals surface area contributed by atoms with E-state index >= 15 is 0 Å². The maximum Gasteiger partial charge on any atom is 0.350 e. The number of hydrogen-bond donors (Lipinski definition) is 2. The van der Waals surface area contributed by atoms with Crippen molar-refractivity contribution in [2.75, 3.05) is 51.0 Å². The first-order valence-electron chi connectivity index (χ1n) is 6.76. The fourth-order valence-electron chi connectivity index (χ4n) is 2.04. The number of rotatable bonds is 4. The number of hydrazine groups is 1. The average molecular weight is 309 g/mol. The molecule has 2 rings (SSSR count).